The highest BCUT2D eigenvalue weighted by molar-refractivity contribution is 4.93. The highest BCUT2D eigenvalue weighted by atomic mass is 16.3. The lowest BCUT2D eigenvalue weighted by Gasteiger charge is -2.01. The zero-order valence-corrected chi connectivity index (χ0v) is 4.96. The Kier molecular flexibility index (Phi) is 3.03. The minimum Gasteiger partial charge on any atom is -0.403 e. The van der Waals surface area contributed by atoms with Crippen LogP contribution in [-0.2, 0) is 0 Å². The van der Waals surface area contributed by atoms with Gasteiger partial charge in [-0.1, -0.05) is 0 Å². The fourth-order valence-corrected chi connectivity index (χ4v) is 0.409. The zero-order chi connectivity index (χ0) is 6.57. The molecule has 0 aliphatic heterocycles. The second kappa shape index (κ2) is 3.32. The molecule has 48 valence electrons. The van der Waals surface area contributed by atoms with E-state index in [1.54, 1.807) is 6.92 Å². The minimum absolute atomic E-state index is 0.394. The molecule has 5 N–H and O–H groups in total. The fourth-order valence-electron chi connectivity index (χ4n) is 0.409. The maximum atomic E-state index is 8.68. The Morgan fingerprint density at radius 2 is 2.38 bits per heavy atom. The maximum absolute atomic E-state index is 8.68. The Morgan fingerprint density at radius 1 is 1.88 bits per heavy atom. The van der Waals surface area contributed by atoms with Gasteiger partial charge in [-0.25, -0.2) is 0 Å². The third kappa shape index (κ3) is 3.49. The summed E-state index contributed by atoms with van der Waals surface area (Å²) >= 11 is 0. The van der Waals surface area contributed by atoms with Crippen LogP contribution in [0.2, 0.25) is 0 Å². The Balaban J connectivity index is 3.39. The van der Waals surface area contributed by atoms with Gasteiger partial charge in [0.1, 0.15) is 0 Å². The predicted octanol–water partition coefficient (Wildman–Crippen LogP) is -0.484. The van der Waals surface area contributed by atoms with E-state index in [2.05, 4.69) is 0 Å². The molecule has 0 aromatic carbocycles. The van der Waals surface area contributed by atoms with E-state index in [0.29, 0.717) is 12.1 Å². The van der Waals surface area contributed by atoms with Crippen LogP contribution in [0.4, 0.5) is 0 Å². The van der Waals surface area contributed by atoms with Gasteiger partial charge in [-0.2, -0.15) is 0 Å². The molecule has 0 amide bonds. The van der Waals surface area contributed by atoms with Gasteiger partial charge in [-0.3, -0.25) is 0 Å². The number of aliphatic hydroxyl groups excluding tert-OH is 1. The number of hydrogen-bond donors (Lipinski definition) is 3. The molecular weight excluding hydrogens is 104 g/mol. The summed E-state index contributed by atoms with van der Waals surface area (Å²) in [5.41, 5.74) is 10.8. The van der Waals surface area contributed by atoms with Crippen LogP contribution in [0, 0.1) is 0 Å². The first kappa shape index (κ1) is 7.30. The van der Waals surface area contributed by atoms with Crippen molar-refractivity contribution in [2.24, 2.45) is 11.5 Å². The van der Waals surface area contributed by atoms with Crippen LogP contribution >= 0.6 is 0 Å². The molecule has 1 atom stereocenters. The third-order valence-corrected chi connectivity index (χ3v) is 0.745. The van der Waals surface area contributed by atoms with Gasteiger partial charge in [0, 0.05) is 18.3 Å². The molecule has 0 aliphatic carbocycles. The molecule has 0 aromatic rings. The standard InChI is InChI=1S/C5H12N2O/c1-4(8)2-5(7)3-6/h3-4,8H,2,6-7H2,1H3. The van der Waals surface area contributed by atoms with Crippen LogP contribution < -0.4 is 11.5 Å². The maximum Gasteiger partial charge on any atom is 0.0567 e. The normalized spacial score (nSPS) is 16.0. The van der Waals surface area contributed by atoms with E-state index in [1.807, 2.05) is 0 Å². The molecule has 0 heterocycles. The summed E-state index contributed by atoms with van der Waals surface area (Å²) in [5, 5.41) is 8.68. The van der Waals surface area contributed by atoms with Crippen molar-refractivity contribution >= 4 is 0 Å². The monoisotopic (exact) mass is 116 g/mol. The summed E-state index contributed by atoms with van der Waals surface area (Å²) in [4.78, 5) is 0. The molecule has 3 heteroatoms. The molecular formula is C5H12N2O. The van der Waals surface area contributed by atoms with Crippen LogP contribution in [0.1, 0.15) is 13.3 Å². The Hall–Kier alpha value is -0.700. The molecule has 8 heavy (non-hydrogen) atoms. The number of hydrogen-bond acceptors (Lipinski definition) is 3. The molecule has 3 nitrogen and oxygen atoms in total. The van der Waals surface area contributed by atoms with Crippen LogP contribution in [0.3, 0.4) is 0 Å². The molecule has 0 saturated heterocycles. The molecule has 0 bridgehead atoms. The summed E-state index contributed by atoms with van der Waals surface area (Å²) in [6.45, 7) is 1.66. The lowest BCUT2D eigenvalue weighted by Crippen LogP contribution is -2.08. The summed E-state index contributed by atoms with van der Waals surface area (Å²) in [6.07, 6.45) is 1.36. The van der Waals surface area contributed by atoms with Gasteiger partial charge in [0.25, 0.3) is 0 Å². The van der Waals surface area contributed by atoms with E-state index in [-0.39, 0.29) is 0 Å². The van der Waals surface area contributed by atoms with Gasteiger partial charge in [0.15, 0.2) is 0 Å². The summed E-state index contributed by atoms with van der Waals surface area (Å²) < 4.78 is 0. The minimum atomic E-state index is -0.394. The van der Waals surface area contributed by atoms with Crippen molar-refractivity contribution in [2.45, 2.75) is 19.4 Å². The Labute approximate surface area is 49.0 Å². The lowest BCUT2D eigenvalue weighted by molar-refractivity contribution is 0.195. The van der Waals surface area contributed by atoms with Crippen molar-refractivity contribution in [3.63, 3.8) is 0 Å². The van der Waals surface area contributed by atoms with Gasteiger partial charge in [-0.15, -0.1) is 0 Å². The average Bonchev–Trinajstić information content (AvgIpc) is 1.65. The van der Waals surface area contributed by atoms with Crippen molar-refractivity contribution in [3.8, 4) is 0 Å². The molecule has 1 unspecified atom stereocenters. The van der Waals surface area contributed by atoms with E-state index in [4.69, 9.17) is 16.6 Å². The molecule has 0 aliphatic rings. The molecule has 0 saturated carbocycles. The predicted molar refractivity (Wildman–Crippen MR) is 32.8 cm³/mol. The average molecular weight is 116 g/mol. The van der Waals surface area contributed by atoms with E-state index >= 15 is 0 Å². The van der Waals surface area contributed by atoms with Gasteiger partial charge >= 0.3 is 0 Å². The summed E-state index contributed by atoms with van der Waals surface area (Å²) in [7, 11) is 0. The molecule has 0 radical (unpaired) electrons. The Morgan fingerprint density at radius 3 is 2.50 bits per heavy atom. The van der Waals surface area contributed by atoms with Gasteiger partial charge in [0.05, 0.1) is 6.10 Å². The van der Waals surface area contributed by atoms with Crippen LogP contribution in [-0.4, -0.2) is 11.2 Å². The van der Waals surface area contributed by atoms with Crippen molar-refractivity contribution in [3.05, 3.63) is 11.9 Å². The first-order valence-corrected chi connectivity index (χ1v) is 2.51. The van der Waals surface area contributed by atoms with E-state index in [0.717, 1.165) is 0 Å². The largest absolute Gasteiger partial charge is 0.403 e. The second-order valence-corrected chi connectivity index (χ2v) is 1.79. The SMILES string of the molecule is CC(O)CC(N)=CN. The van der Waals surface area contributed by atoms with Gasteiger partial charge in [-0.05, 0) is 6.92 Å². The number of nitrogens with two attached hydrogens (primary N) is 2. The van der Waals surface area contributed by atoms with E-state index in [1.165, 1.54) is 6.20 Å². The number of rotatable bonds is 2. The van der Waals surface area contributed by atoms with E-state index in [9.17, 15) is 0 Å². The summed E-state index contributed by atoms with van der Waals surface area (Å²) in [5.74, 6) is 0. The molecule has 0 aromatic heterocycles. The zero-order valence-electron chi connectivity index (χ0n) is 4.96. The number of aliphatic hydroxyl groups is 1. The van der Waals surface area contributed by atoms with Crippen molar-refractivity contribution < 1.29 is 5.11 Å². The Bertz CT molecular complexity index is 88.4. The lowest BCUT2D eigenvalue weighted by atomic mass is 10.2. The summed E-state index contributed by atoms with van der Waals surface area (Å²) in [6, 6.07) is 0. The van der Waals surface area contributed by atoms with E-state index < -0.39 is 6.10 Å². The van der Waals surface area contributed by atoms with Crippen LogP contribution in [0.25, 0.3) is 0 Å². The molecule has 0 rings (SSSR count). The van der Waals surface area contributed by atoms with Gasteiger partial charge < -0.3 is 16.6 Å². The smallest absolute Gasteiger partial charge is 0.0567 e. The topological polar surface area (TPSA) is 72.3 Å². The second-order valence-electron chi connectivity index (χ2n) is 1.79. The fraction of sp³-hybridized carbons (Fsp3) is 0.600. The van der Waals surface area contributed by atoms with Crippen molar-refractivity contribution in [1.82, 2.24) is 0 Å². The third-order valence-electron chi connectivity index (χ3n) is 0.745. The highest BCUT2D eigenvalue weighted by Gasteiger charge is 1.94. The quantitative estimate of drug-likeness (QED) is 0.456. The molecule has 0 spiro atoms. The van der Waals surface area contributed by atoms with Crippen molar-refractivity contribution in [2.75, 3.05) is 0 Å². The van der Waals surface area contributed by atoms with Crippen LogP contribution in [0.5, 0.6) is 0 Å². The van der Waals surface area contributed by atoms with Crippen LogP contribution in [0.15, 0.2) is 11.9 Å². The first-order chi connectivity index (χ1) is 3.66. The molecule has 0 fully saturated rings. The van der Waals surface area contributed by atoms with Crippen molar-refractivity contribution in [1.29, 1.82) is 0 Å². The van der Waals surface area contributed by atoms with Gasteiger partial charge in [0.2, 0.25) is 0 Å². The first-order valence-electron chi connectivity index (χ1n) is 2.51. The highest BCUT2D eigenvalue weighted by Crippen LogP contribution is 1.94.